The van der Waals surface area contributed by atoms with Gasteiger partial charge in [0.05, 0.1) is 42.6 Å². The molecule has 6 rings (SSSR count). The van der Waals surface area contributed by atoms with Gasteiger partial charge in [-0.25, -0.2) is 18.2 Å². The van der Waals surface area contributed by atoms with Crippen molar-refractivity contribution in [2.75, 3.05) is 30.0 Å². The number of hydrogen-bond acceptors (Lipinski definition) is 5. The molecule has 4 aromatic rings. The van der Waals surface area contributed by atoms with E-state index in [2.05, 4.69) is 20.2 Å². The highest BCUT2D eigenvalue weighted by atomic mass is 19.3. The highest BCUT2D eigenvalue weighted by Crippen LogP contribution is 2.46. The Morgan fingerprint density at radius 1 is 1.18 bits per heavy atom. The number of alkyl halides is 2. The van der Waals surface area contributed by atoms with Crippen molar-refractivity contribution >= 4 is 28.3 Å². The monoisotopic (exact) mass is 468 g/mol. The summed E-state index contributed by atoms with van der Waals surface area (Å²) in [5.41, 5.74) is 3.16. The number of anilines is 2. The Hall–Kier alpha value is -4.02. The zero-order valence-corrected chi connectivity index (χ0v) is 18.0. The van der Waals surface area contributed by atoms with Gasteiger partial charge in [0.25, 0.3) is 11.8 Å². The molecule has 1 atom stereocenters. The average molecular weight is 468 g/mol. The van der Waals surface area contributed by atoms with Crippen LogP contribution >= 0.6 is 0 Å². The van der Waals surface area contributed by atoms with Crippen LogP contribution in [0.2, 0.25) is 0 Å². The van der Waals surface area contributed by atoms with Crippen LogP contribution in [0.1, 0.15) is 34.1 Å². The zero-order chi connectivity index (χ0) is 23.6. The maximum absolute atomic E-state index is 15.6. The Labute approximate surface area is 191 Å². The second-order valence-electron chi connectivity index (χ2n) is 8.44. The lowest BCUT2D eigenvalue weighted by Crippen LogP contribution is -2.30. The van der Waals surface area contributed by atoms with Crippen molar-refractivity contribution in [3.8, 4) is 5.88 Å². The molecule has 2 N–H and O–H groups in total. The number of H-pyrrole nitrogens is 2. The predicted octanol–water partition coefficient (Wildman–Crippen LogP) is 4.03. The van der Waals surface area contributed by atoms with Gasteiger partial charge in [0.2, 0.25) is 5.88 Å². The number of benzene rings is 2. The number of halogens is 3. The fraction of sp³-hybridized carbons (Fsp3) is 0.261. The Morgan fingerprint density at radius 3 is 2.74 bits per heavy atom. The lowest BCUT2D eigenvalue weighted by Gasteiger charge is -2.27. The molecule has 11 heteroatoms. The summed E-state index contributed by atoms with van der Waals surface area (Å²) in [6.45, 7) is -0.312. The molecule has 1 saturated heterocycles. The number of aromatic nitrogens is 4. The first-order valence-electron chi connectivity index (χ1n) is 10.7. The van der Waals surface area contributed by atoms with Crippen LogP contribution < -0.4 is 14.5 Å². The topological polar surface area (TPSA) is 90.1 Å². The third kappa shape index (κ3) is 3.03. The Bertz CT molecular complexity index is 1430. The predicted molar refractivity (Wildman–Crippen MR) is 118 cm³/mol. The fourth-order valence-electron chi connectivity index (χ4n) is 4.80. The molecule has 8 nitrogen and oxygen atoms in total. The first-order chi connectivity index (χ1) is 16.4. The van der Waals surface area contributed by atoms with Crippen LogP contribution in [0.5, 0.6) is 5.88 Å². The van der Waals surface area contributed by atoms with E-state index in [0.29, 0.717) is 16.9 Å². The third-order valence-electron chi connectivity index (χ3n) is 6.42. The van der Waals surface area contributed by atoms with E-state index in [1.807, 2.05) is 0 Å². The summed E-state index contributed by atoms with van der Waals surface area (Å²) in [4.78, 5) is 23.5. The Kier molecular flexibility index (Phi) is 4.38. The molecular formula is C23H19F3N6O2. The van der Waals surface area contributed by atoms with Crippen molar-refractivity contribution in [3.05, 3.63) is 65.4 Å². The molecule has 2 aromatic heterocycles. The molecule has 174 valence electrons. The van der Waals surface area contributed by atoms with E-state index in [1.54, 1.807) is 30.6 Å². The van der Waals surface area contributed by atoms with E-state index in [4.69, 9.17) is 4.74 Å². The SMILES string of the molecule is COc1n[nH]c2c1C(c1ccc(N3CCC(F)(F)C3)cc1F)N(c1ccc3nc[nH]c3c1)C2=O. The standard InChI is InChI=1S/C23H19F3N6O2/c1-34-21-18-19(29-30-21)22(33)32(13-3-5-16-17(9-13)28-11-27-16)20(18)14-4-2-12(8-15(14)24)31-7-6-23(25,26)10-31/h2-5,8-9,11,20H,6-7,10H2,1H3,(H,27,28)(H,29,30). The largest absolute Gasteiger partial charge is 0.480 e. The van der Waals surface area contributed by atoms with Crippen LogP contribution in [0, 0.1) is 5.82 Å². The summed E-state index contributed by atoms with van der Waals surface area (Å²) in [6.07, 6.45) is 1.28. The average Bonchev–Trinajstić information content (AvgIpc) is 3.57. The summed E-state index contributed by atoms with van der Waals surface area (Å²) in [6, 6.07) is 8.76. The molecule has 34 heavy (non-hydrogen) atoms. The van der Waals surface area contributed by atoms with E-state index in [1.165, 1.54) is 29.0 Å². The molecule has 2 aliphatic rings. The summed E-state index contributed by atoms with van der Waals surface area (Å²) < 4.78 is 48.3. The summed E-state index contributed by atoms with van der Waals surface area (Å²) >= 11 is 0. The van der Waals surface area contributed by atoms with Crippen LogP contribution in [0.25, 0.3) is 11.0 Å². The Balaban J connectivity index is 1.46. The maximum Gasteiger partial charge on any atom is 0.277 e. The van der Waals surface area contributed by atoms with Gasteiger partial charge >= 0.3 is 0 Å². The zero-order valence-electron chi connectivity index (χ0n) is 18.0. The minimum Gasteiger partial charge on any atom is -0.480 e. The molecule has 2 aromatic carbocycles. The molecule has 2 aliphatic heterocycles. The van der Waals surface area contributed by atoms with E-state index in [0.717, 1.165) is 11.0 Å². The van der Waals surface area contributed by atoms with Crippen molar-refractivity contribution in [3.63, 3.8) is 0 Å². The van der Waals surface area contributed by atoms with Gasteiger partial charge in [-0.3, -0.25) is 14.8 Å². The van der Waals surface area contributed by atoms with Crippen molar-refractivity contribution in [1.29, 1.82) is 0 Å². The van der Waals surface area contributed by atoms with E-state index >= 15 is 4.39 Å². The Morgan fingerprint density at radius 2 is 2.00 bits per heavy atom. The third-order valence-corrected chi connectivity index (χ3v) is 6.42. The van der Waals surface area contributed by atoms with E-state index in [-0.39, 0.29) is 30.1 Å². The quantitative estimate of drug-likeness (QED) is 0.472. The minimum atomic E-state index is -2.80. The minimum absolute atomic E-state index is 0.143. The number of nitrogens with one attached hydrogen (secondary N) is 2. The first-order valence-corrected chi connectivity index (χ1v) is 10.7. The number of methoxy groups -OCH3 is 1. The van der Waals surface area contributed by atoms with Crippen LogP contribution in [0.15, 0.2) is 42.7 Å². The van der Waals surface area contributed by atoms with Crippen LogP contribution in [0.4, 0.5) is 24.5 Å². The number of imidazole rings is 1. The summed E-state index contributed by atoms with van der Waals surface area (Å²) in [5.74, 6) is -3.62. The van der Waals surface area contributed by atoms with Crippen molar-refractivity contribution in [1.82, 2.24) is 20.2 Å². The van der Waals surface area contributed by atoms with Gasteiger partial charge in [0.1, 0.15) is 11.5 Å². The number of fused-ring (bicyclic) bond motifs is 2. The molecule has 4 heterocycles. The molecule has 0 saturated carbocycles. The number of amides is 1. The summed E-state index contributed by atoms with van der Waals surface area (Å²) in [5, 5.41) is 6.76. The highest BCUT2D eigenvalue weighted by molar-refractivity contribution is 6.11. The molecule has 0 spiro atoms. The number of nitrogens with zero attached hydrogens (tertiary/aromatic N) is 4. The van der Waals surface area contributed by atoms with Gasteiger partial charge in [-0.15, -0.1) is 5.10 Å². The van der Waals surface area contributed by atoms with Crippen LogP contribution in [0.3, 0.4) is 0 Å². The lowest BCUT2D eigenvalue weighted by molar-refractivity contribution is 0.0257. The number of ether oxygens (including phenoxy) is 1. The molecule has 0 aliphatic carbocycles. The molecule has 0 radical (unpaired) electrons. The van der Waals surface area contributed by atoms with E-state index in [9.17, 15) is 13.6 Å². The summed E-state index contributed by atoms with van der Waals surface area (Å²) in [7, 11) is 1.42. The first kappa shape index (κ1) is 20.6. The van der Waals surface area contributed by atoms with Crippen molar-refractivity contribution in [2.24, 2.45) is 0 Å². The normalized spacial score (nSPS) is 19.3. The van der Waals surface area contributed by atoms with Gasteiger partial charge in [0, 0.05) is 29.9 Å². The van der Waals surface area contributed by atoms with Crippen LogP contribution in [-0.2, 0) is 0 Å². The molecule has 0 bridgehead atoms. The number of aromatic amines is 2. The van der Waals surface area contributed by atoms with E-state index < -0.39 is 30.2 Å². The number of hydrogen-bond donors (Lipinski definition) is 2. The van der Waals surface area contributed by atoms with Gasteiger partial charge in [0.15, 0.2) is 0 Å². The van der Waals surface area contributed by atoms with Gasteiger partial charge < -0.3 is 14.6 Å². The molecule has 1 fully saturated rings. The van der Waals surface area contributed by atoms with Gasteiger partial charge in [-0.1, -0.05) is 6.07 Å². The highest BCUT2D eigenvalue weighted by Gasteiger charge is 2.45. The van der Waals surface area contributed by atoms with Crippen molar-refractivity contribution in [2.45, 2.75) is 18.4 Å². The smallest absolute Gasteiger partial charge is 0.277 e. The van der Waals surface area contributed by atoms with Crippen molar-refractivity contribution < 1.29 is 22.7 Å². The van der Waals surface area contributed by atoms with Gasteiger partial charge in [-0.05, 0) is 30.3 Å². The number of rotatable bonds is 4. The number of carbonyl (C=O) groups is 1. The van der Waals surface area contributed by atoms with Crippen LogP contribution in [-0.4, -0.2) is 52.2 Å². The molecular weight excluding hydrogens is 449 g/mol. The molecule has 1 amide bonds. The second kappa shape index (κ2) is 7.24. The lowest BCUT2D eigenvalue weighted by atomic mass is 9.99. The fourth-order valence-corrected chi connectivity index (χ4v) is 4.80. The molecule has 1 unspecified atom stereocenters. The van der Waals surface area contributed by atoms with Gasteiger partial charge in [-0.2, -0.15) is 0 Å². The number of carbonyl (C=O) groups excluding carboxylic acids is 1. The maximum atomic E-state index is 15.6. The second-order valence-corrected chi connectivity index (χ2v) is 8.44.